The maximum absolute atomic E-state index is 10.5. The highest BCUT2D eigenvalue weighted by Gasteiger charge is 2.14. The quantitative estimate of drug-likeness (QED) is 0.758. The van der Waals surface area contributed by atoms with Crippen LogP contribution in [0.25, 0.3) is 0 Å². The molecule has 0 bridgehead atoms. The van der Waals surface area contributed by atoms with Crippen molar-refractivity contribution in [3.8, 4) is 5.75 Å². The zero-order valence-corrected chi connectivity index (χ0v) is 14.1. The SMILES string of the molecule is CCOc1ccccc1C(O)CCN(CC)Cc1ccccc1. The summed E-state index contributed by atoms with van der Waals surface area (Å²) in [4.78, 5) is 2.35. The number of hydrogen-bond acceptors (Lipinski definition) is 3. The van der Waals surface area contributed by atoms with Crippen molar-refractivity contribution < 1.29 is 9.84 Å². The molecular weight excluding hydrogens is 286 g/mol. The molecule has 124 valence electrons. The molecule has 1 N–H and O–H groups in total. The predicted molar refractivity (Wildman–Crippen MR) is 94.6 cm³/mol. The Labute approximate surface area is 139 Å². The minimum absolute atomic E-state index is 0.498. The van der Waals surface area contributed by atoms with Crippen molar-refractivity contribution in [2.75, 3.05) is 19.7 Å². The van der Waals surface area contributed by atoms with E-state index in [2.05, 4.69) is 36.1 Å². The normalized spacial score (nSPS) is 12.3. The van der Waals surface area contributed by atoms with E-state index in [4.69, 9.17) is 4.74 Å². The summed E-state index contributed by atoms with van der Waals surface area (Å²) in [5.41, 5.74) is 2.18. The van der Waals surface area contributed by atoms with E-state index in [1.807, 2.05) is 37.3 Å². The Morgan fingerprint density at radius 2 is 1.70 bits per heavy atom. The van der Waals surface area contributed by atoms with Gasteiger partial charge in [0.1, 0.15) is 5.75 Å². The molecule has 2 aromatic carbocycles. The molecule has 0 heterocycles. The van der Waals surface area contributed by atoms with E-state index in [-0.39, 0.29) is 0 Å². The van der Waals surface area contributed by atoms with Gasteiger partial charge in [0.25, 0.3) is 0 Å². The molecule has 0 spiro atoms. The summed E-state index contributed by atoms with van der Waals surface area (Å²) in [5.74, 6) is 0.786. The fourth-order valence-electron chi connectivity index (χ4n) is 2.69. The summed E-state index contributed by atoms with van der Waals surface area (Å²) in [6.07, 6.45) is 0.202. The molecule has 0 amide bonds. The molecule has 1 unspecified atom stereocenters. The molecule has 23 heavy (non-hydrogen) atoms. The van der Waals surface area contributed by atoms with Crippen LogP contribution in [-0.2, 0) is 6.54 Å². The van der Waals surface area contributed by atoms with Crippen molar-refractivity contribution in [2.24, 2.45) is 0 Å². The zero-order valence-electron chi connectivity index (χ0n) is 14.1. The molecule has 0 aliphatic heterocycles. The maximum atomic E-state index is 10.5. The Bertz CT molecular complexity index is 571. The summed E-state index contributed by atoms with van der Waals surface area (Å²) in [6, 6.07) is 18.2. The predicted octanol–water partition coefficient (Wildman–Crippen LogP) is 4.03. The van der Waals surface area contributed by atoms with E-state index in [9.17, 15) is 5.11 Å². The summed E-state index contributed by atoms with van der Waals surface area (Å²) in [7, 11) is 0. The Balaban J connectivity index is 1.93. The lowest BCUT2D eigenvalue weighted by Crippen LogP contribution is -2.25. The molecule has 1 atom stereocenters. The fourth-order valence-corrected chi connectivity index (χ4v) is 2.69. The van der Waals surface area contributed by atoms with Crippen LogP contribution >= 0.6 is 0 Å². The van der Waals surface area contributed by atoms with Crippen LogP contribution in [0, 0.1) is 0 Å². The molecule has 0 saturated carbocycles. The molecule has 0 aliphatic carbocycles. The Morgan fingerprint density at radius 3 is 2.39 bits per heavy atom. The van der Waals surface area contributed by atoms with Gasteiger partial charge in [0, 0.05) is 18.7 Å². The van der Waals surface area contributed by atoms with Gasteiger partial charge >= 0.3 is 0 Å². The van der Waals surface area contributed by atoms with Crippen LogP contribution in [0.4, 0.5) is 0 Å². The van der Waals surface area contributed by atoms with Crippen LogP contribution in [0.1, 0.15) is 37.5 Å². The Morgan fingerprint density at radius 1 is 1.00 bits per heavy atom. The lowest BCUT2D eigenvalue weighted by atomic mass is 10.0. The molecule has 2 aromatic rings. The Kier molecular flexibility index (Phi) is 7.11. The second-order valence-electron chi connectivity index (χ2n) is 5.63. The van der Waals surface area contributed by atoms with Gasteiger partial charge in [-0.2, -0.15) is 0 Å². The number of aliphatic hydroxyl groups excluding tert-OH is 1. The second-order valence-corrected chi connectivity index (χ2v) is 5.63. The van der Waals surface area contributed by atoms with Crippen molar-refractivity contribution in [1.29, 1.82) is 0 Å². The topological polar surface area (TPSA) is 32.7 Å². The third-order valence-corrected chi connectivity index (χ3v) is 3.99. The number of aliphatic hydroxyl groups is 1. The van der Waals surface area contributed by atoms with Crippen molar-refractivity contribution in [2.45, 2.75) is 32.9 Å². The lowest BCUT2D eigenvalue weighted by Gasteiger charge is -2.23. The van der Waals surface area contributed by atoms with Gasteiger partial charge in [-0.05, 0) is 31.5 Å². The maximum Gasteiger partial charge on any atom is 0.125 e. The summed E-state index contributed by atoms with van der Waals surface area (Å²) in [6.45, 7) is 7.46. The van der Waals surface area contributed by atoms with Crippen LogP contribution in [0.3, 0.4) is 0 Å². The second kappa shape index (κ2) is 9.33. The van der Waals surface area contributed by atoms with Crippen LogP contribution in [0.2, 0.25) is 0 Å². The monoisotopic (exact) mass is 313 g/mol. The largest absolute Gasteiger partial charge is 0.493 e. The van der Waals surface area contributed by atoms with Crippen LogP contribution in [0.5, 0.6) is 5.75 Å². The van der Waals surface area contributed by atoms with Crippen molar-refractivity contribution in [3.63, 3.8) is 0 Å². The highest BCUT2D eigenvalue weighted by molar-refractivity contribution is 5.35. The number of ether oxygens (including phenoxy) is 1. The zero-order chi connectivity index (χ0) is 16.5. The first-order valence-electron chi connectivity index (χ1n) is 8.40. The number of para-hydroxylation sites is 1. The molecule has 0 aromatic heterocycles. The number of hydrogen-bond donors (Lipinski definition) is 1. The third-order valence-electron chi connectivity index (χ3n) is 3.99. The molecule has 2 rings (SSSR count). The van der Waals surface area contributed by atoms with Crippen molar-refractivity contribution in [3.05, 3.63) is 65.7 Å². The first kappa shape index (κ1) is 17.5. The molecule has 3 heteroatoms. The van der Waals surface area contributed by atoms with Crippen molar-refractivity contribution in [1.82, 2.24) is 4.90 Å². The smallest absolute Gasteiger partial charge is 0.125 e. The van der Waals surface area contributed by atoms with E-state index in [0.717, 1.165) is 30.9 Å². The molecule has 0 saturated heterocycles. The van der Waals surface area contributed by atoms with E-state index in [1.165, 1.54) is 5.56 Å². The van der Waals surface area contributed by atoms with Gasteiger partial charge in [0.05, 0.1) is 12.7 Å². The van der Waals surface area contributed by atoms with E-state index in [1.54, 1.807) is 0 Å². The third kappa shape index (κ3) is 5.38. The van der Waals surface area contributed by atoms with E-state index >= 15 is 0 Å². The molecular formula is C20H27NO2. The highest BCUT2D eigenvalue weighted by atomic mass is 16.5. The van der Waals surface area contributed by atoms with Crippen LogP contribution in [-0.4, -0.2) is 29.7 Å². The number of rotatable bonds is 9. The van der Waals surface area contributed by atoms with Gasteiger partial charge in [0.15, 0.2) is 0 Å². The van der Waals surface area contributed by atoms with Crippen LogP contribution < -0.4 is 4.74 Å². The molecule has 3 nitrogen and oxygen atoms in total. The Hall–Kier alpha value is -1.84. The molecule has 0 fully saturated rings. The summed E-state index contributed by atoms with van der Waals surface area (Å²) >= 11 is 0. The molecule has 0 aliphatic rings. The van der Waals surface area contributed by atoms with Gasteiger partial charge in [-0.15, -0.1) is 0 Å². The first-order chi connectivity index (χ1) is 11.2. The molecule has 0 radical (unpaired) electrons. The minimum Gasteiger partial charge on any atom is -0.493 e. The number of benzene rings is 2. The highest BCUT2D eigenvalue weighted by Crippen LogP contribution is 2.27. The summed E-state index contributed by atoms with van der Waals surface area (Å²) in [5, 5.41) is 10.5. The van der Waals surface area contributed by atoms with Gasteiger partial charge < -0.3 is 9.84 Å². The first-order valence-corrected chi connectivity index (χ1v) is 8.40. The number of nitrogens with zero attached hydrogens (tertiary/aromatic N) is 1. The van der Waals surface area contributed by atoms with Gasteiger partial charge in [-0.3, -0.25) is 4.90 Å². The minimum atomic E-state index is -0.498. The van der Waals surface area contributed by atoms with Gasteiger partial charge in [0.2, 0.25) is 0 Å². The van der Waals surface area contributed by atoms with Crippen molar-refractivity contribution >= 4 is 0 Å². The van der Waals surface area contributed by atoms with Crippen LogP contribution in [0.15, 0.2) is 54.6 Å². The summed E-state index contributed by atoms with van der Waals surface area (Å²) < 4.78 is 5.61. The van der Waals surface area contributed by atoms with Gasteiger partial charge in [-0.1, -0.05) is 55.5 Å². The lowest BCUT2D eigenvalue weighted by molar-refractivity contribution is 0.137. The average molecular weight is 313 g/mol. The van der Waals surface area contributed by atoms with E-state index < -0.39 is 6.10 Å². The average Bonchev–Trinajstić information content (AvgIpc) is 2.60. The fraction of sp³-hybridized carbons (Fsp3) is 0.400. The van der Waals surface area contributed by atoms with E-state index in [0.29, 0.717) is 13.0 Å². The van der Waals surface area contributed by atoms with Gasteiger partial charge in [-0.25, -0.2) is 0 Å². The standard InChI is InChI=1S/C20H27NO2/c1-3-21(16-17-10-6-5-7-11-17)15-14-19(22)18-12-8-9-13-20(18)23-4-2/h5-13,19,22H,3-4,14-16H2,1-2H3.